The zero-order chi connectivity index (χ0) is 12.0. The van der Waals surface area contributed by atoms with Gasteiger partial charge >= 0.3 is 5.97 Å². The number of hydrogen-bond acceptors (Lipinski definition) is 3. The summed E-state index contributed by atoms with van der Waals surface area (Å²) >= 11 is 5.50. The summed E-state index contributed by atoms with van der Waals surface area (Å²) in [6.07, 6.45) is 4.54. The third kappa shape index (κ3) is 3.11. The van der Waals surface area contributed by atoms with Crippen LogP contribution in [0.15, 0.2) is 0 Å². The number of amides is 1. The van der Waals surface area contributed by atoms with E-state index >= 15 is 0 Å². The van der Waals surface area contributed by atoms with Crippen LogP contribution in [-0.2, 0) is 14.3 Å². The lowest BCUT2D eigenvalue weighted by Gasteiger charge is -2.35. The minimum Gasteiger partial charge on any atom is -0.467 e. The summed E-state index contributed by atoms with van der Waals surface area (Å²) in [6.45, 7) is 0. The van der Waals surface area contributed by atoms with E-state index in [1.807, 2.05) is 0 Å². The van der Waals surface area contributed by atoms with Crippen LogP contribution >= 0.6 is 11.6 Å². The van der Waals surface area contributed by atoms with Gasteiger partial charge in [0.2, 0.25) is 5.91 Å². The standard InChI is InChI=1S/C11H18ClNO3/c1-16-10(15)11(6-3-2-4-7-11)13-9(14)5-8-12/h2-8H2,1H3,(H,13,14). The van der Waals surface area contributed by atoms with E-state index in [0.29, 0.717) is 12.8 Å². The molecule has 0 heterocycles. The van der Waals surface area contributed by atoms with Gasteiger partial charge in [0.25, 0.3) is 0 Å². The molecule has 5 heteroatoms. The number of esters is 1. The van der Waals surface area contributed by atoms with Gasteiger partial charge in [-0.15, -0.1) is 11.6 Å². The molecule has 0 saturated heterocycles. The number of ether oxygens (including phenoxy) is 1. The van der Waals surface area contributed by atoms with Crippen LogP contribution in [-0.4, -0.2) is 30.4 Å². The molecule has 1 aliphatic rings. The number of halogens is 1. The van der Waals surface area contributed by atoms with Gasteiger partial charge in [-0.2, -0.15) is 0 Å². The molecule has 1 fully saturated rings. The smallest absolute Gasteiger partial charge is 0.331 e. The van der Waals surface area contributed by atoms with Gasteiger partial charge in [-0.05, 0) is 12.8 Å². The number of hydrogen-bond donors (Lipinski definition) is 1. The van der Waals surface area contributed by atoms with Crippen molar-refractivity contribution in [2.75, 3.05) is 13.0 Å². The predicted molar refractivity (Wildman–Crippen MR) is 61.3 cm³/mol. The zero-order valence-corrected chi connectivity index (χ0v) is 10.3. The van der Waals surface area contributed by atoms with Crippen molar-refractivity contribution >= 4 is 23.5 Å². The second-order valence-electron chi connectivity index (χ2n) is 4.12. The van der Waals surface area contributed by atoms with Crippen molar-refractivity contribution in [3.05, 3.63) is 0 Å². The van der Waals surface area contributed by atoms with Crippen molar-refractivity contribution in [1.82, 2.24) is 5.32 Å². The monoisotopic (exact) mass is 247 g/mol. The number of methoxy groups -OCH3 is 1. The van der Waals surface area contributed by atoms with Gasteiger partial charge < -0.3 is 10.1 Å². The van der Waals surface area contributed by atoms with E-state index in [4.69, 9.17) is 16.3 Å². The van der Waals surface area contributed by atoms with Crippen molar-refractivity contribution in [1.29, 1.82) is 0 Å². The fourth-order valence-electron chi connectivity index (χ4n) is 2.15. The molecule has 4 nitrogen and oxygen atoms in total. The molecule has 0 spiro atoms. The van der Waals surface area contributed by atoms with Gasteiger partial charge in [-0.25, -0.2) is 4.79 Å². The first-order chi connectivity index (χ1) is 7.64. The maximum atomic E-state index is 11.8. The van der Waals surface area contributed by atoms with Crippen LogP contribution in [0, 0.1) is 0 Å². The molecule has 1 N–H and O–H groups in total. The van der Waals surface area contributed by atoms with Crippen LogP contribution in [0.2, 0.25) is 0 Å². The second kappa shape index (κ2) is 6.09. The zero-order valence-electron chi connectivity index (χ0n) is 9.55. The molecule has 1 rings (SSSR count). The van der Waals surface area contributed by atoms with Gasteiger partial charge in [-0.1, -0.05) is 19.3 Å². The summed E-state index contributed by atoms with van der Waals surface area (Å²) in [5, 5.41) is 2.79. The van der Waals surface area contributed by atoms with Crippen LogP contribution in [0.25, 0.3) is 0 Å². The SMILES string of the molecule is COC(=O)C1(NC(=O)CCCl)CCCCC1. The highest BCUT2D eigenvalue weighted by molar-refractivity contribution is 6.19. The van der Waals surface area contributed by atoms with Crippen LogP contribution in [0.4, 0.5) is 0 Å². The maximum absolute atomic E-state index is 11.8. The van der Waals surface area contributed by atoms with E-state index in [-0.39, 0.29) is 24.2 Å². The Balaban J connectivity index is 2.70. The first-order valence-corrected chi connectivity index (χ1v) is 6.13. The van der Waals surface area contributed by atoms with Crippen molar-refractivity contribution in [2.24, 2.45) is 0 Å². The summed E-state index contributed by atoms with van der Waals surface area (Å²) in [5.41, 5.74) is -0.809. The summed E-state index contributed by atoms with van der Waals surface area (Å²) in [5.74, 6) is -0.249. The van der Waals surface area contributed by atoms with Gasteiger partial charge in [-0.3, -0.25) is 4.79 Å². The van der Waals surface area contributed by atoms with Crippen LogP contribution < -0.4 is 5.32 Å². The van der Waals surface area contributed by atoms with Crippen molar-refractivity contribution in [3.8, 4) is 0 Å². The lowest BCUT2D eigenvalue weighted by Crippen LogP contribution is -2.56. The number of carbonyl (C=O) groups is 2. The molecule has 0 unspecified atom stereocenters. The lowest BCUT2D eigenvalue weighted by atomic mass is 9.81. The van der Waals surface area contributed by atoms with Gasteiger partial charge in [0, 0.05) is 12.3 Å². The minimum atomic E-state index is -0.809. The van der Waals surface area contributed by atoms with E-state index in [9.17, 15) is 9.59 Å². The van der Waals surface area contributed by atoms with Crippen LogP contribution in [0.1, 0.15) is 38.5 Å². The molecule has 0 aromatic carbocycles. The highest BCUT2D eigenvalue weighted by Crippen LogP contribution is 2.29. The normalized spacial score (nSPS) is 18.9. The Bertz CT molecular complexity index is 262. The topological polar surface area (TPSA) is 55.4 Å². The van der Waals surface area contributed by atoms with Crippen molar-refractivity contribution in [2.45, 2.75) is 44.1 Å². The highest BCUT2D eigenvalue weighted by Gasteiger charge is 2.41. The van der Waals surface area contributed by atoms with Crippen molar-refractivity contribution in [3.63, 3.8) is 0 Å². The van der Waals surface area contributed by atoms with E-state index in [1.54, 1.807) is 0 Å². The average molecular weight is 248 g/mol. The highest BCUT2D eigenvalue weighted by atomic mass is 35.5. The van der Waals surface area contributed by atoms with Gasteiger partial charge in [0.1, 0.15) is 5.54 Å². The number of nitrogens with one attached hydrogen (secondary N) is 1. The molecule has 0 bridgehead atoms. The Labute approximate surface area is 101 Å². The molecule has 92 valence electrons. The minimum absolute atomic E-state index is 0.178. The number of alkyl halides is 1. The fourth-order valence-corrected chi connectivity index (χ4v) is 2.32. The third-order valence-electron chi connectivity index (χ3n) is 2.98. The Hall–Kier alpha value is -0.770. The number of rotatable bonds is 4. The molecule has 1 aliphatic carbocycles. The Morgan fingerprint density at radius 1 is 1.31 bits per heavy atom. The Morgan fingerprint density at radius 2 is 1.94 bits per heavy atom. The van der Waals surface area contributed by atoms with E-state index in [2.05, 4.69) is 5.32 Å². The molecule has 1 saturated carbocycles. The Kier molecular flexibility index (Phi) is 5.06. The maximum Gasteiger partial charge on any atom is 0.331 e. The molecular formula is C11H18ClNO3. The molecular weight excluding hydrogens is 230 g/mol. The van der Waals surface area contributed by atoms with E-state index < -0.39 is 5.54 Å². The largest absolute Gasteiger partial charge is 0.467 e. The third-order valence-corrected chi connectivity index (χ3v) is 3.17. The molecule has 16 heavy (non-hydrogen) atoms. The van der Waals surface area contributed by atoms with Gasteiger partial charge in [0.15, 0.2) is 0 Å². The summed E-state index contributed by atoms with van der Waals surface area (Å²) in [6, 6.07) is 0. The fraction of sp³-hybridized carbons (Fsp3) is 0.818. The van der Waals surface area contributed by atoms with Gasteiger partial charge in [0.05, 0.1) is 7.11 Å². The molecule has 1 amide bonds. The molecule has 0 radical (unpaired) electrons. The lowest BCUT2D eigenvalue weighted by molar-refractivity contribution is -0.152. The van der Waals surface area contributed by atoms with Crippen LogP contribution in [0.5, 0.6) is 0 Å². The predicted octanol–water partition coefficient (Wildman–Crippen LogP) is 1.61. The second-order valence-corrected chi connectivity index (χ2v) is 4.50. The summed E-state index contributed by atoms with van der Waals surface area (Å²) in [7, 11) is 1.35. The quantitative estimate of drug-likeness (QED) is 0.607. The number of carbonyl (C=O) groups excluding carboxylic acids is 2. The first kappa shape index (κ1) is 13.3. The Morgan fingerprint density at radius 3 is 2.44 bits per heavy atom. The first-order valence-electron chi connectivity index (χ1n) is 5.60. The summed E-state index contributed by atoms with van der Waals surface area (Å²) < 4.78 is 4.79. The molecule has 0 aromatic heterocycles. The van der Waals surface area contributed by atoms with Crippen LogP contribution in [0.3, 0.4) is 0 Å². The summed E-state index contributed by atoms with van der Waals surface area (Å²) in [4.78, 5) is 23.3. The molecule has 0 aromatic rings. The van der Waals surface area contributed by atoms with E-state index in [0.717, 1.165) is 19.3 Å². The molecule has 0 atom stereocenters. The van der Waals surface area contributed by atoms with E-state index in [1.165, 1.54) is 7.11 Å². The average Bonchev–Trinajstić information content (AvgIpc) is 2.29. The molecule has 0 aliphatic heterocycles. The van der Waals surface area contributed by atoms with Crippen molar-refractivity contribution < 1.29 is 14.3 Å².